The Morgan fingerprint density at radius 2 is 0.902 bits per heavy atom. The van der Waals surface area contributed by atoms with Gasteiger partial charge in [-0.2, -0.15) is 0 Å². The van der Waals surface area contributed by atoms with Crippen molar-refractivity contribution >= 4 is 39.0 Å². The Morgan fingerprint density at radius 3 is 1.61 bits per heavy atom. The highest BCUT2D eigenvalue weighted by atomic mass is 16.3. The van der Waals surface area contributed by atoms with Gasteiger partial charge in [0.1, 0.15) is 11.2 Å². The minimum atomic E-state index is -0.485. The van der Waals surface area contributed by atoms with Gasteiger partial charge >= 0.3 is 0 Å². The number of anilines is 3. The Bertz CT molecular complexity index is 2750. The largest absolute Gasteiger partial charge is 0.456 e. The van der Waals surface area contributed by atoms with Crippen LogP contribution in [0.3, 0.4) is 0 Å². The molecule has 1 aromatic heterocycles. The summed E-state index contributed by atoms with van der Waals surface area (Å²) in [6.45, 7) is 0. The first-order valence-corrected chi connectivity index (χ1v) is 17.6. The summed E-state index contributed by atoms with van der Waals surface area (Å²) < 4.78 is 6.49. The van der Waals surface area contributed by atoms with Crippen molar-refractivity contribution in [3.05, 3.63) is 210 Å². The van der Waals surface area contributed by atoms with E-state index in [0.717, 1.165) is 39.0 Å². The summed E-state index contributed by atoms with van der Waals surface area (Å²) in [7, 11) is 0. The maximum Gasteiger partial charge on any atom is 0.137 e. The summed E-state index contributed by atoms with van der Waals surface area (Å²) in [4.78, 5) is 2.44. The van der Waals surface area contributed by atoms with Crippen molar-refractivity contribution in [3.63, 3.8) is 0 Å². The molecule has 0 saturated carbocycles. The van der Waals surface area contributed by atoms with Crippen molar-refractivity contribution in [2.24, 2.45) is 0 Å². The van der Waals surface area contributed by atoms with E-state index in [1.165, 1.54) is 55.6 Å². The number of para-hydroxylation sites is 1. The van der Waals surface area contributed by atoms with E-state index in [2.05, 4.69) is 187 Å². The maximum absolute atomic E-state index is 6.49. The monoisotopic (exact) mass is 649 g/mol. The Hall–Kier alpha value is -6.64. The van der Waals surface area contributed by atoms with E-state index in [1.807, 2.05) is 6.07 Å². The molecule has 9 aromatic rings. The fourth-order valence-electron chi connectivity index (χ4n) is 9.03. The van der Waals surface area contributed by atoms with E-state index >= 15 is 0 Å². The highest BCUT2D eigenvalue weighted by Gasteiger charge is 2.53. The van der Waals surface area contributed by atoms with Crippen LogP contribution in [0.15, 0.2) is 192 Å². The van der Waals surface area contributed by atoms with E-state index in [0.29, 0.717) is 0 Å². The molecule has 0 amide bonds. The van der Waals surface area contributed by atoms with E-state index in [1.54, 1.807) is 0 Å². The summed E-state index contributed by atoms with van der Waals surface area (Å²) in [6.07, 6.45) is 0. The minimum absolute atomic E-state index is 0.485. The molecule has 0 unspecified atom stereocenters. The second kappa shape index (κ2) is 10.7. The molecule has 11 rings (SSSR count). The van der Waals surface area contributed by atoms with Crippen LogP contribution in [0, 0.1) is 0 Å². The molecule has 0 bridgehead atoms. The number of hydrogen-bond donors (Lipinski definition) is 0. The van der Waals surface area contributed by atoms with Crippen molar-refractivity contribution in [1.29, 1.82) is 0 Å². The van der Waals surface area contributed by atoms with E-state index in [4.69, 9.17) is 4.42 Å². The number of nitrogens with zero attached hydrogens (tertiary/aromatic N) is 1. The van der Waals surface area contributed by atoms with Gasteiger partial charge in [0.25, 0.3) is 0 Å². The van der Waals surface area contributed by atoms with Crippen molar-refractivity contribution in [2.75, 3.05) is 4.90 Å². The fraction of sp³-hybridized carbons (Fsp3) is 0.0204. The van der Waals surface area contributed by atoms with Crippen LogP contribution in [0.25, 0.3) is 55.3 Å². The Kier molecular flexibility index (Phi) is 5.91. The highest BCUT2D eigenvalue weighted by molar-refractivity contribution is 6.06. The lowest BCUT2D eigenvalue weighted by atomic mass is 9.70. The van der Waals surface area contributed by atoms with Gasteiger partial charge in [-0.05, 0) is 86.5 Å². The summed E-state index contributed by atoms with van der Waals surface area (Å²) in [5, 5.41) is 2.25. The molecular formula is C49H31NO. The first-order chi connectivity index (χ1) is 25.3. The van der Waals surface area contributed by atoms with Crippen molar-refractivity contribution in [3.8, 4) is 33.4 Å². The van der Waals surface area contributed by atoms with Crippen molar-refractivity contribution < 1.29 is 4.42 Å². The first-order valence-electron chi connectivity index (χ1n) is 17.6. The third-order valence-electron chi connectivity index (χ3n) is 11.1. The second-order valence-corrected chi connectivity index (χ2v) is 13.6. The molecule has 2 aliphatic rings. The molecule has 2 aliphatic carbocycles. The van der Waals surface area contributed by atoms with Crippen LogP contribution in [0.2, 0.25) is 0 Å². The van der Waals surface area contributed by atoms with Crippen LogP contribution >= 0.6 is 0 Å². The van der Waals surface area contributed by atoms with Gasteiger partial charge in [0.05, 0.1) is 11.1 Å². The van der Waals surface area contributed by atoms with E-state index in [9.17, 15) is 0 Å². The molecule has 0 fully saturated rings. The fourth-order valence-corrected chi connectivity index (χ4v) is 9.03. The van der Waals surface area contributed by atoms with Gasteiger partial charge in [-0.25, -0.2) is 0 Å². The van der Waals surface area contributed by atoms with Gasteiger partial charge in [0.15, 0.2) is 0 Å². The molecule has 0 N–H and O–H groups in total. The number of furan rings is 1. The van der Waals surface area contributed by atoms with Crippen molar-refractivity contribution in [2.45, 2.75) is 5.41 Å². The minimum Gasteiger partial charge on any atom is -0.456 e. The molecule has 2 heteroatoms. The van der Waals surface area contributed by atoms with E-state index in [-0.39, 0.29) is 0 Å². The maximum atomic E-state index is 6.49. The average molecular weight is 650 g/mol. The lowest BCUT2D eigenvalue weighted by molar-refractivity contribution is 0.669. The van der Waals surface area contributed by atoms with Crippen LogP contribution in [-0.4, -0.2) is 0 Å². The molecule has 0 saturated heterocycles. The van der Waals surface area contributed by atoms with Crippen LogP contribution in [-0.2, 0) is 5.41 Å². The summed E-state index contributed by atoms with van der Waals surface area (Å²) in [5.41, 5.74) is 17.4. The smallest absolute Gasteiger partial charge is 0.137 e. The molecule has 51 heavy (non-hydrogen) atoms. The topological polar surface area (TPSA) is 16.4 Å². The average Bonchev–Trinajstić information content (AvgIpc) is 3.83. The van der Waals surface area contributed by atoms with E-state index < -0.39 is 5.41 Å². The number of rotatable bonds is 4. The summed E-state index contributed by atoms with van der Waals surface area (Å²) >= 11 is 0. The molecule has 0 radical (unpaired) electrons. The van der Waals surface area contributed by atoms with Crippen LogP contribution in [0.1, 0.15) is 22.3 Å². The zero-order valence-electron chi connectivity index (χ0n) is 27.8. The third-order valence-corrected chi connectivity index (χ3v) is 11.1. The van der Waals surface area contributed by atoms with Crippen molar-refractivity contribution in [1.82, 2.24) is 0 Å². The lowest BCUT2D eigenvalue weighted by Gasteiger charge is -2.35. The summed E-state index contributed by atoms with van der Waals surface area (Å²) in [6, 6.07) is 68.5. The number of hydrogen-bond acceptors (Lipinski definition) is 2. The predicted octanol–water partition coefficient (Wildman–Crippen LogP) is 13.1. The van der Waals surface area contributed by atoms with Gasteiger partial charge in [0, 0.05) is 33.8 Å². The molecule has 238 valence electrons. The Morgan fingerprint density at radius 1 is 0.373 bits per heavy atom. The first kappa shape index (κ1) is 28.2. The number of benzene rings is 8. The zero-order valence-corrected chi connectivity index (χ0v) is 27.8. The molecule has 8 aromatic carbocycles. The van der Waals surface area contributed by atoms with Gasteiger partial charge in [-0.15, -0.1) is 0 Å². The number of fused-ring (bicyclic) bond motifs is 13. The lowest BCUT2D eigenvalue weighted by Crippen LogP contribution is -2.28. The van der Waals surface area contributed by atoms with Crippen LogP contribution in [0.5, 0.6) is 0 Å². The quantitative estimate of drug-likeness (QED) is 0.189. The molecule has 1 spiro atoms. The van der Waals surface area contributed by atoms with Gasteiger partial charge in [0.2, 0.25) is 0 Å². The summed E-state index contributed by atoms with van der Waals surface area (Å²) in [5.74, 6) is 0. The Labute approximate surface area is 296 Å². The Balaban J connectivity index is 1.22. The SMILES string of the molecule is c1ccc(-c2ccc(N(c3ccc4c(c3)oc3ccccc34)c3cccc4c3C3(c5ccccc5-c5ccccc53)c3ccccc3-4)cc2)cc1. The molecule has 0 aliphatic heterocycles. The molecule has 2 nitrogen and oxygen atoms in total. The standard InChI is InChI=1S/C49H31NO/c1-2-13-32(14-3-1)33-25-27-34(28-26-33)50(35-29-30-40-39-18-7-11-24-46(39)51-47(40)31-35)45-23-12-19-41-38-17-6-10-22-44(38)49(48(41)45)42-20-8-4-15-36(42)37-16-5-9-21-43(37)49/h1-31H. The predicted molar refractivity (Wildman–Crippen MR) is 210 cm³/mol. The van der Waals surface area contributed by atoms with Gasteiger partial charge in [-0.1, -0.05) is 146 Å². The zero-order chi connectivity index (χ0) is 33.5. The van der Waals surface area contributed by atoms with Crippen LogP contribution in [0.4, 0.5) is 17.1 Å². The third kappa shape index (κ3) is 3.87. The van der Waals surface area contributed by atoms with Gasteiger partial charge in [-0.3, -0.25) is 0 Å². The highest BCUT2D eigenvalue weighted by Crippen LogP contribution is 2.65. The molecular weight excluding hydrogens is 619 g/mol. The van der Waals surface area contributed by atoms with Gasteiger partial charge < -0.3 is 9.32 Å². The van der Waals surface area contributed by atoms with Crippen LogP contribution < -0.4 is 4.90 Å². The molecule has 1 heterocycles. The molecule has 0 atom stereocenters. The normalized spacial score (nSPS) is 13.3. The second-order valence-electron chi connectivity index (χ2n) is 13.6.